The zero-order chi connectivity index (χ0) is 20.1. The molecule has 142 valence electrons. The summed E-state index contributed by atoms with van der Waals surface area (Å²) in [6, 6.07) is 42.4. The number of rotatable bonds is 2. The normalized spacial score (nSPS) is 13.8. The Morgan fingerprint density at radius 2 is 1.17 bits per heavy atom. The lowest BCUT2D eigenvalue weighted by atomic mass is 9.66. The van der Waals surface area contributed by atoms with Crippen molar-refractivity contribution in [1.82, 2.24) is 0 Å². The van der Waals surface area contributed by atoms with Gasteiger partial charge in [-0.15, -0.1) is 0 Å². The van der Waals surface area contributed by atoms with Gasteiger partial charge in [0.25, 0.3) is 0 Å². The van der Waals surface area contributed by atoms with Gasteiger partial charge in [0.05, 0.1) is 5.41 Å². The van der Waals surface area contributed by atoms with Gasteiger partial charge in [0, 0.05) is 0 Å². The zero-order valence-corrected chi connectivity index (χ0v) is 17.0. The molecule has 0 spiro atoms. The SMILES string of the molecule is Cc1ccc2c3c(ccc2c1)-c1ccccc1C3(c1ccccc1)c1ccccc1. The summed E-state index contributed by atoms with van der Waals surface area (Å²) in [5.74, 6) is 0. The Morgan fingerprint density at radius 1 is 0.533 bits per heavy atom. The van der Waals surface area contributed by atoms with E-state index in [1.54, 1.807) is 0 Å². The van der Waals surface area contributed by atoms with Crippen LogP contribution in [-0.2, 0) is 5.41 Å². The highest BCUT2D eigenvalue weighted by atomic mass is 14.5. The van der Waals surface area contributed by atoms with Crippen LogP contribution in [0.2, 0.25) is 0 Å². The van der Waals surface area contributed by atoms with Crippen molar-refractivity contribution in [2.24, 2.45) is 0 Å². The summed E-state index contributed by atoms with van der Waals surface area (Å²) >= 11 is 0. The Kier molecular flexibility index (Phi) is 3.70. The van der Waals surface area contributed by atoms with Gasteiger partial charge < -0.3 is 0 Å². The van der Waals surface area contributed by atoms with Crippen LogP contribution in [0.25, 0.3) is 21.9 Å². The molecule has 0 radical (unpaired) electrons. The van der Waals surface area contributed by atoms with Gasteiger partial charge in [-0.1, -0.05) is 121 Å². The molecule has 0 aliphatic heterocycles. The standard InChI is InChI=1S/C30H22/c1-21-16-18-25-22(20-21)17-19-27-26-14-8-9-15-28(26)30(29(25)27,23-10-4-2-5-11-23)24-12-6-3-7-13-24/h2-20H,1H3. The van der Waals surface area contributed by atoms with Gasteiger partial charge >= 0.3 is 0 Å². The lowest BCUT2D eigenvalue weighted by Crippen LogP contribution is -2.28. The zero-order valence-electron chi connectivity index (χ0n) is 17.0. The van der Waals surface area contributed by atoms with Crippen LogP contribution >= 0.6 is 0 Å². The van der Waals surface area contributed by atoms with Gasteiger partial charge in [0.2, 0.25) is 0 Å². The highest BCUT2D eigenvalue weighted by Crippen LogP contribution is 2.57. The molecular weight excluding hydrogens is 360 g/mol. The predicted molar refractivity (Wildman–Crippen MR) is 126 cm³/mol. The largest absolute Gasteiger partial charge is 0.0719 e. The molecule has 0 heteroatoms. The number of hydrogen-bond donors (Lipinski definition) is 0. The van der Waals surface area contributed by atoms with E-state index in [9.17, 15) is 0 Å². The van der Waals surface area contributed by atoms with Crippen LogP contribution in [0, 0.1) is 6.92 Å². The van der Waals surface area contributed by atoms with Gasteiger partial charge in [-0.3, -0.25) is 0 Å². The van der Waals surface area contributed by atoms with E-state index < -0.39 is 0 Å². The van der Waals surface area contributed by atoms with E-state index in [1.807, 2.05) is 0 Å². The maximum Gasteiger partial charge on any atom is 0.0719 e. The molecular formula is C30H22. The van der Waals surface area contributed by atoms with Crippen molar-refractivity contribution in [3.8, 4) is 11.1 Å². The monoisotopic (exact) mass is 382 g/mol. The predicted octanol–water partition coefficient (Wildman–Crippen LogP) is 7.51. The summed E-state index contributed by atoms with van der Waals surface area (Å²) < 4.78 is 0. The minimum atomic E-state index is -0.330. The van der Waals surface area contributed by atoms with E-state index >= 15 is 0 Å². The van der Waals surface area contributed by atoms with E-state index in [4.69, 9.17) is 0 Å². The Morgan fingerprint density at radius 3 is 1.87 bits per heavy atom. The molecule has 0 saturated heterocycles. The number of fused-ring (bicyclic) bond motifs is 5. The van der Waals surface area contributed by atoms with Crippen LogP contribution in [0.15, 0.2) is 115 Å². The molecule has 5 aromatic rings. The molecule has 0 aromatic heterocycles. The lowest BCUT2D eigenvalue weighted by Gasteiger charge is -2.34. The summed E-state index contributed by atoms with van der Waals surface area (Å²) in [6.07, 6.45) is 0. The first-order chi connectivity index (χ1) is 14.8. The highest BCUT2D eigenvalue weighted by molar-refractivity contribution is 6.00. The molecule has 0 heterocycles. The second kappa shape index (κ2) is 6.43. The Hall–Kier alpha value is -3.64. The minimum Gasteiger partial charge on any atom is -0.0622 e. The Balaban J connectivity index is 1.87. The number of hydrogen-bond acceptors (Lipinski definition) is 0. The van der Waals surface area contributed by atoms with Crippen LogP contribution in [0.4, 0.5) is 0 Å². The molecule has 0 amide bonds. The maximum atomic E-state index is 2.32. The van der Waals surface area contributed by atoms with Gasteiger partial charge in [0.15, 0.2) is 0 Å². The minimum absolute atomic E-state index is 0.330. The molecule has 0 atom stereocenters. The molecule has 0 saturated carbocycles. The molecule has 1 aliphatic carbocycles. The van der Waals surface area contributed by atoms with E-state index in [-0.39, 0.29) is 5.41 Å². The van der Waals surface area contributed by atoms with Gasteiger partial charge in [-0.05, 0) is 51.1 Å². The van der Waals surface area contributed by atoms with Gasteiger partial charge in [-0.2, -0.15) is 0 Å². The summed E-state index contributed by atoms with van der Waals surface area (Å²) in [5, 5.41) is 2.64. The van der Waals surface area contributed by atoms with Crippen LogP contribution in [0.1, 0.15) is 27.8 Å². The Labute approximate surface area is 177 Å². The molecule has 30 heavy (non-hydrogen) atoms. The second-order valence-electron chi connectivity index (χ2n) is 8.24. The third-order valence-corrected chi connectivity index (χ3v) is 6.59. The smallest absolute Gasteiger partial charge is 0.0622 e. The number of benzene rings is 5. The van der Waals surface area contributed by atoms with Crippen molar-refractivity contribution in [3.63, 3.8) is 0 Å². The molecule has 0 fully saturated rings. The first kappa shape index (κ1) is 17.2. The molecule has 5 aromatic carbocycles. The van der Waals surface area contributed by atoms with E-state index in [2.05, 4.69) is 122 Å². The first-order valence-corrected chi connectivity index (χ1v) is 10.5. The van der Waals surface area contributed by atoms with Crippen molar-refractivity contribution >= 4 is 10.8 Å². The summed E-state index contributed by atoms with van der Waals surface area (Å²) in [5.41, 5.74) is 9.04. The third kappa shape index (κ3) is 2.22. The van der Waals surface area contributed by atoms with E-state index in [1.165, 1.54) is 49.7 Å². The molecule has 0 nitrogen and oxygen atoms in total. The summed E-state index contributed by atoms with van der Waals surface area (Å²) in [4.78, 5) is 0. The van der Waals surface area contributed by atoms with Crippen molar-refractivity contribution in [1.29, 1.82) is 0 Å². The summed E-state index contributed by atoms with van der Waals surface area (Å²) in [6.45, 7) is 2.17. The van der Waals surface area contributed by atoms with E-state index in [0.29, 0.717) is 0 Å². The average molecular weight is 383 g/mol. The molecule has 0 unspecified atom stereocenters. The summed E-state index contributed by atoms with van der Waals surface area (Å²) in [7, 11) is 0. The van der Waals surface area contributed by atoms with Gasteiger partial charge in [0.1, 0.15) is 0 Å². The fourth-order valence-electron chi connectivity index (χ4n) is 5.40. The van der Waals surface area contributed by atoms with E-state index in [0.717, 1.165) is 0 Å². The van der Waals surface area contributed by atoms with Crippen molar-refractivity contribution in [2.75, 3.05) is 0 Å². The van der Waals surface area contributed by atoms with Crippen molar-refractivity contribution in [2.45, 2.75) is 12.3 Å². The Bertz CT molecular complexity index is 1340. The molecule has 0 N–H and O–H groups in total. The first-order valence-electron chi connectivity index (χ1n) is 10.5. The third-order valence-electron chi connectivity index (χ3n) is 6.59. The topological polar surface area (TPSA) is 0 Å². The number of aryl methyl sites for hydroxylation is 1. The van der Waals surface area contributed by atoms with Crippen LogP contribution < -0.4 is 0 Å². The quantitative estimate of drug-likeness (QED) is 0.291. The average Bonchev–Trinajstić information content (AvgIpc) is 3.12. The fraction of sp³-hybridized carbons (Fsp3) is 0.0667. The lowest BCUT2D eigenvalue weighted by molar-refractivity contribution is 0.775. The van der Waals surface area contributed by atoms with Gasteiger partial charge in [-0.25, -0.2) is 0 Å². The van der Waals surface area contributed by atoms with Crippen LogP contribution in [0.3, 0.4) is 0 Å². The molecule has 1 aliphatic rings. The van der Waals surface area contributed by atoms with Crippen LogP contribution in [0.5, 0.6) is 0 Å². The molecule has 6 rings (SSSR count). The fourth-order valence-corrected chi connectivity index (χ4v) is 5.40. The highest BCUT2D eigenvalue weighted by Gasteiger charge is 2.46. The van der Waals surface area contributed by atoms with Crippen molar-refractivity contribution < 1.29 is 0 Å². The maximum absolute atomic E-state index is 2.32. The molecule has 0 bridgehead atoms. The van der Waals surface area contributed by atoms with Crippen LogP contribution in [-0.4, -0.2) is 0 Å². The second-order valence-corrected chi connectivity index (χ2v) is 8.24. The van der Waals surface area contributed by atoms with Crippen molar-refractivity contribution in [3.05, 3.63) is 143 Å².